The Kier molecular flexibility index (Phi) is 7.16. The van der Waals surface area contributed by atoms with E-state index >= 15 is 0 Å². The molecule has 2 aliphatic heterocycles. The van der Waals surface area contributed by atoms with Crippen molar-refractivity contribution in [2.24, 2.45) is 5.92 Å². The molecule has 1 amide bonds. The van der Waals surface area contributed by atoms with Crippen molar-refractivity contribution >= 4 is 11.6 Å². The van der Waals surface area contributed by atoms with Crippen molar-refractivity contribution in [2.45, 2.75) is 57.9 Å². The first-order valence-electron chi connectivity index (χ1n) is 11.9. The van der Waals surface area contributed by atoms with Crippen LogP contribution in [0, 0.1) is 5.92 Å². The highest BCUT2D eigenvalue weighted by molar-refractivity contribution is 5.94. The minimum Gasteiger partial charge on any atom is -0.497 e. The molecule has 1 atom stereocenters. The zero-order valence-corrected chi connectivity index (χ0v) is 19.1. The number of carbonyl (C=O) groups excluding carboxylic acids is 1. The Hall–Kier alpha value is -2.49. The largest absolute Gasteiger partial charge is 0.497 e. The average Bonchev–Trinajstić information content (AvgIpc) is 2.83. The van der Waals surface area contributed by atoms with Gasteiger partial charge in [0.25, 0.3) is 5.91 Å². The first-order valence-corrected chi connectivity index (χ1v) is 11.9. The molecular formula is C27H36N2O2. The third-order valence-electron chi connectivity index (χ3n) is 7.05. The van der Waals surface area contributed by atoms with Crippen LogP contribution in [-0.2, 0) is 6.42 Å². The van der Waals surface area contributed by atoms with Crippen LogP contribution in [0.4, 0.5) is 5.69 Å². The number of ether oxygens (including phenoxy) is 1. The Morgan fingerprint density at radius 3 is 2.52 bits per heavy atom. The molecule has 0 spiro atoms. The lowest BCUT2D eigenvalue weighted by Crippen LogP contribution is -2.44. The van der Waals surface area contributed by atoms with E-state index in [1.54, 1.807) is 7.11 Å². The highest BCUT2D eigenvalue weighted by Gasteiger charge is 2.27. The molecule has 2 aliphatic rings. The van der Waals surface area contributed by atoms with Gasteiger partial charge in [-0.05, 0) is 92.8 Å². The first-order chi connectivity index (χ1) is 15.1. The number of carbonyl (C=O) groups is 1. The van der Waals surface area contributed by atoms with E-state index in [1.807, 2.05) is 24.3 Å². The predicted molar refractivity (Wildman–Crippen MR) is 127 cm³/mol. The van der Waals surface area contributed by atoms with Crippen LogP contribution in [0.15, 0.2) is 48.5 Å². The number of methoxy groups -OCH3 is 1. The Labute approximate surface area is 187 Å². The number of hydrogen-bond donors (Lipinski definition) is 0. The Balaban J connectivity index is 1.39. The number of piperidine rings is 2. The Morgan fingerprint density at radius 2 is 1.77 bits per heavy atom. The summed E-state index contributed by atoms with van der Waals surface area (Å²) in [4.78, 5) is 17.9. The molecule has 0 radical (unpaired) electrons. The zero-order valence-electron chi connectivity index (χ0n) is 19.1. The van der Waals surface area contributed by atoms with E-state index in [0.717, 1.165) is 62.5 Å². The topological polar surface area (TPSA) is 32.8 Å². The molecule has 2 fully saturated rings. The van der Waals surface area contributed by atoms with Crippen molar-refractivity contribution < 1.29 is 9.53 Å². The van der Waals surface area contributed by atoms with Gasteiger partial charge in [0, 0.05) is 36.9 Å². The van der Waals surface area contributed by atoms with Gasteiger partial charge in [-0.15, -0.1) is 0 Å². The number of amides is 1. The molecule has 2 aromatic rings. The van der Waals surface area contributed by atoms with Crippen LogP contribution in [0.25, 0.3) is 0 Å². The fraction of sp³-hybridized carbons (Fsp3) is 0.519. The molecule has 0 bridgehead atoms. The highest BCUT2D eigenvalue weighted by Crippen LogP contribution is 2.27. The van der Waals surface area contributed by atoms with E-state index in [9.17, 15) is 4.79 Å². The first kappa shape index (κ1) is 21.7. The van der Waals surface area contributed by atoms with Gasteiger partial charge in [-0.1, -0.05) is 19.1 Å². The monoisotopic (exact) mass is 420 g/mol. The minimum atomic E-state index is 0.189. The Morgan fingerprint density at radius 1 is 1.00 bits per heavy atom. The van der Waals surface area contributed by atoms with E-state index in [4.69, 9.17) is 4.74 Å². The van der Waals surface area contributed by atoms with Crippen molar-refractivity contribution in [2.75, 3.05) is 31.6 Å². The number of hydrogen-bond acceptors (Lipinski definition) is 3. The van der Waals surface area contributed by atoms with Gasteiger partial charge >= 0.3 is 0 Å². The predicted octanol–water partition coefficient (Wildman–Crippen LogP) is 5.56. The maximum absolute atomic E-state index is 13.3. The summed E-state index contributed by atoms with van der Waals surface area (Å²) >= 11 is 0. The highest BCUT2D eigenvalue weighted by atomic mass is 16.5. The maximum atomic E-state index is 13.3. The molecule has 0 aromatic heterocycles. The smallest absolute Gasteiger partial charge is 0.254 e. The second-order valence-electron chi connectivity index (χ2n) is 9.25. The lowest BCUT2D eigenvalue weighted by Gasteiger charge is -2.36. The van der Waals surface area contributed by atoms with E-state index in [1.165, 1.54) is 30.5 Å². The average molecular weight is 421 g/mol. The van der Waals surface area contributed by atoms with Crippen LogP contribution in [-0.4, -0.2) is 43.6 Å². The summed E-state index contributed by atoms with van der Waals surface area (Å²) < 4.78 is 5.35. The molecule has 4 heteroatoms. The van der Waals surface area contributed by atoms with Crippen molar-refractivity contribution in [1.82, 2.24) is 4.90 Å². The number of anilines is 1. The van der Waals surface area contributed by atoms with Crippen LogP contribution in [0.3, 0.4) is 0 Å². The van der Waals surface area contributed by atoms with Gasteiger partial charge in [-0.3, -0.25) is 4.79 Å². The molecule has 2 aromatic carbocycles. The van der Waals surface area contributed by atoms with Gasteiger partial charge in [-0.25, -0.2) is 0 Å². The van der Waals surface area contributed by atoms with E-state index < -0.39 is 0 Å². The number of rotatable bonds is 6. The van der Waals surface area contributed by atoms with Gasteiger partial charge in [0.15, 0.2) is 0 Å². The van der Waals surface area contributed by atoms with Crippen molar-refractivity contribution in [3.8, 4) is 5.75 Å². The number of likely N-dealkylation sites (tertiary alicyclic amines) is 1. The van der Waals surface area contributed by atoms with Gasteiger partial charge in [-0.2, -0.15) is 0 Å². The summed E-state index contributed by atoms with van der Waals surface area (Å²) in [5.41, 5.74) is 3.34. The molecule has 2 saturated heterocycles. The van der Waals surface area contributed by atoms with Crippen LogP contribution >= 0.6 is 0 Å². The summed E-state index contributed by atoms with van der Waals surface area (Å²) in [5.74, 6) is 1.91. The van der Waals surface area contributed by atoms with Crippen LogP contribution in [0.5, 0.6) is 5.75 Å². The fourth-order valence-corrected chi connectivity index (χ4v) is 4.98. The molecule has 4 rings (SSSR count). The lowest BCUT2D eigenvalue weighted by molar-refractivity contribution is 0.0602. The normalized spacial score (nSPS) is 20.0. The third-order valence-corrected chi connectivity index (χ3v) is 7.05. The zero-order chi connectivity index (χ0) is 21.6. The molecule has 2 heterocycles. The number of nitrogens with zero attached hydrogens (tertiary/aromatic N) is 2. The van der Waals surface area contributed by atoms with E-state index in [-0.39, 0.29) is 5.91 Å². The quantitative estimate of drug-likeness (QED) is 0.613. The van der Waals surface area contributed by atoms with Crippen LogP contribution in [0.2, 0.25) is 0 Å². The molecular weight excluding hydrogens is 384 g/mol. The van der Waals surface area contributed by atoms with Gasteiger partial charge in [0.2, 0.25) is 0 Å². The third kappa shape index (κ3) is 5.41. The molecule has 0 saturated carbocycles. The Bertz CT molecular complexity index is 856. The van der Waals surface area contributed by atoms with Crippen molar-refractivity contribution in [3.63, 3.8) is 0 Å². The molecule has 166 valence electrons. The van der Waals surface area contributed by atoms with Crippen LogP contribution in [0.1, 0.15) is 61.4 Å². The molecule has 0 aliphatic carbocycles. The van der Waals surface area contributed by atoms with E-state index in [0.29, 0.717) is 6.04 Å². The number of aryl methyl sites for hydroxylation is 1. The summed E-state index contributed by atoms with van der Waals surface area (Å²) in [6.45, 7) is 5.44. The minimum absolute atomic E-state index is 0.189. The van der Waals surface area contributed by atoms with Gasteiger partial charge in [0.1, 0.15) is 5.75 Å². The molecule has 31 heavy (non-hydrogen) atoms. The lowest BCUT2D eigenvalue weighted by atomic mass is 9.95. The second kappa shape index (κ2) is 10.2. The van der Waals surface area contributed by atoms with Crippen molar-refractivity contribution in [3.05, 3.63) is 59.7 Å². The molecule has 0 N–H and O–H groups in total. The van der Waals surface area contributed by atoms with Gasteiger partial charge in [0.05, 0.1) is 7.11 Å². The van der Waals surface area contributed by atoms with E-state index in [2.05, 4.69) is 41.0 Å². The molecule has 4 nitrogen and oxygen atoms in total. The summed E-state index contributed by atoms with van der Waals surface area (Å²) in [7, 11) is 1.71. The van der Waals surface area contributed by atoms with Crippen LogP contribution < -0.4 is 9.64 Å². The SMILES string of the molecule is COc1cccc(CC[C@@H]2CCCCN2C(=O)c2ccc(N3CCC(C)CC3)cc2)c1. The summed E-state index contributed by atoms with van der Waals surface area (Å²) in [6.07, 6.45) is 7.89. The number of benzene rings is 2. The maximum Gasteiger partial charge on any atom is 0.254 e. The summed E-state index contributed by atoms with van der Waals surface area (Å²) in [5, 5.41) is 0. The fourth-order valence-electron chi connectivity index (χ4n) is 4.98. The molecule has 0 unspecified atom stereocenters. The summed E-state index contributed by atoms with van der Waals surface area (Å²) in [6, 6.07) is 16.9. The van der Waals surface area contributed by atoms with Gasteiger partial charge < -0.3 is 14.5 Å². The van der Waals surface area contributed by atoms with Crippen molar-refractivity contribution in [1.29, 1.82) is 0 Å². The standard InChI is InChI=1S/C27H36N2O2/c1-21-15-18-28(19-16-21)24-13-10-23(11-14-24)27(30)29-17-4-3-7-25(29)12-9-22-6-5-8-26(20-22)31-2/h5-6,8,10-11,13-14,20-21,25H,3-4,7,9,12,15-19H2,1-2H3/t25-/m0/s1. The second-order valence-corrected chi connectivity index (χ2v) is 9.25.